The molecule has 3 aromatic carbocycles. The van der Waals surface area contributed by atoms with E-state index >= 15 is 0 Å². The molecule has 1 fully saturated rings. The SMILES string of the molecule is COC(=O)CCc1cc(-c2ccc3ccccc3c2)c(N(C)C2CCCC2)c(N(C)C)c1. The first kappa shape index (κ1) is 22.2. The molecule has 3 aromatic rings. The summed E-state index contributed by atoms with van der Waals surface area (Å²) >= 11 is 0. The van der Waals surface area contributed by atoms with Crippen LogP contribution in [-0.2, 0) is 16.0 Å². The maximum Gasteiger partial charge on any atom is 0.305 e. The Morgan fingerprint density at radius 2 is 1.69 bits per heavy atom. The lowest BCUT2D eigenvalue weighted by atomic mass is 9.94. The fourth-order valence-corrected chi connectivity index (χ4v) is 4.93. The lowest BCUT2D eigenvalue weighted by Crippen LogP contribution is -2.31. The third kappa shape index (κ3) is 4.59. The van der Waals surface area contributed by atoms with Crippen molar-refractivity contribution in [3.8, 4) is 11.1 Å². The van der Waals surface area contributed by atoms with Crippen LogP contribution in [0.5, 0.6) is 0 Å². The highest BCUT2D eigenvalue weighted by Gasteiger charge is 2.25. The van der Waals surface area contributed by atoms with Crippen LogP contribution in [0.25, 0.3) is 21.9 Å². The molecule has 32 heavy (non-hydrogen) atoms. The number of nitrogens with zero attached hydrogens (tertiary/aromatic N) is 2. The van der Waals surface area contributed by atoms with Crippen molar-refractivity contribution in [2.24, 2.45) is 0 Å². The molecule has 1 saturated carbocycles. The molecule has 4 heteroatoms. The highest BCUT2D eigenvalue weighted by Crippen LogP contribution is 2.43. The first-order chi connectivity index (χ1) is 15.5. The summed E-state index contributed by atoms with van der Waals surface area (Å²) in [5, 5.41) is 2.49. The summed E-state index contributed by atoms with van der Waals surface area (Å²) in [5.41, 5.74) is 6.08. The van der Waals surface area contributed by atoms with Gasteiger partial charge in [0.2, 0.25) is 0 Å². The molecule has 0 amide bonds. The number of ether oxygens (including phenoxy) is 1. The van der Waals surface area contributed by atoms with Gasteiger partial charge in [0.05, 0.1) is 18.5 Å². The number of benzene rings is 3. The van der Waals surface area contributed by atoms with Crippen molar-refractivity contribution in [3.05, 3.63) is 60.2 Å². The second-order valence-electron chi connectivity index (χ2n) is 9.09. The van der Waals surface area contributed by atoms with Gasteiger partial charge in [0, 0.05) is 39.2 Å². The van der Waals surface area contributed by atoms with E-state index in [9.17, 15) is 4.79 Å². The van der Waals surface area contributed by atoms with Gasteiger partial charge in [0.1, 0.15) is 0 Å². The van der Waals surface area contributed by atoms with Gasteiger partial charge in [-0.1, -0.05) is 49.2 Å². The molecular weight excluding hydrogens is 396 g/mol. The van der Waals surface area contributed by atoms with Gasteiger partial charge in [-0.3, -0.25) is 4.79 Å². The predicted octanol–water partition coefficient (Wildman–Crippen LogP) is 6.06. The van der Waals surface area contributed by atoms with E-state index < -0.39 is 0 Å². The van der Waals surface area contributed by atoms with E-state index in [0.29, 0.717) is 18.9 Å². The van der Waals surface area contributed by atoms with Gasteiger partial charge < -0.3 is 14.5 Å². The molecule has 0 saturated heterocycles. The molecule has 168 valence electrons. The van der Waals surface area contributed by atoms with Crippen LogP contribution in [0.15, 0.2) is 54.6 Å². The molecule has 0 heterocycles. The molecule has 1 aliphatic carbocycles. The lowest BCUT2D eigenvalue weighted by molar-refractivity contribution is -0.140. The second kappa shape index (κ2) is 9.64. The van der Waals surface area contributed by atoms with Gasteiger partial charge >= 0.3 is 5.97 Å². The monoisotopic (exact) mass is 430 g/mol. The first-order valence-corrected chi connectivity index (χ1v) is 11.6. The third-order valence-corrected chi connectivity index (χ3v) is 6.76. The van der Waals surface area contributed by atoms with Crippen LogP contribution >= 0.6 is 0 Å². The van der Waals surface area contributed by atoms with E-state index in [0.717, 1.165) is 5.56 Å². The maximum absolute atomic E-state index is 11.8. The van der Waals surface area contributed by atoms with E-state index in [1.165, 1.54) is 66.1 Å². The summed E-state index contributed by atoms with van der Waals surface area (Å²) in [6, 6.07) is 20.3. The Bertz CT molecular complexity index is 1100. The van der Waals surface area contributed by atoms with Crippen LogP contribution in [0, 0.1) is 0 Å². The zero-order chi connectivity index (χ0) is 22.7. The number of carbonyl (C=O) groups is 1. The minimum absolute atomic E-state index is 0.171. The van der Waals surface area contributed by atoms with E-state index in [1.807, 2.05) is 0 Å². The fraction of sp³-hybridized carbons (Fsp3) is 0.393. The Morgan fingerprint density at radius 1 is 0.969 bits per heavy atom. The lowest BCUT2D eigenvalue weighted by Gasteiger charge is -2.33. The van der Waals surface area contributed by atoms with Crippen molar-refractivity contribution in [1.29, 1.82) is 0 Å². The summed E-state index contributed by atoms with van der Waals surface area (Å²) in [4.78, 5) is 16.5. The maximum atomic E-state index is 11.8. The number of aryl methyl sites for hydroxylation is 1. The molecule has 0 bridgehead atoms. The van der Waals surface area contributed by atoms with Gasteiger partial charge in [-0.2, -0.15) is 0 Å². The molecular formula is C28H34N2O2. The van der Waals surface area contributed by atoms with Crippen molar-refractivity contribution in [1.82, 2.24) is 0 Å². The molecule has 4 rings (SSSR count). The number of rotatable bonds is 7. The number of carbonyl (C=O) groups excluding carboxylic acids is 1. The van der Waals surface area contributed by atoms with Gasteiger partial charge in [-0.05, 0) is 59.4 Å². The zero-order valence-corrected chi connectivity index (χ0v) is 19.7. The topological polar surface area (TPSA) is 32.8 Å². The van der Waals surface area contributed by atoms with Crippen molar-refractivity contribution < 1.29 is 9.53 Å². The van der Waals surface area contributed by atoms with Crippen LogP contribution in [0.4, 0.5) is 11.4 Å². The third-order valence-electron chi connectivity index (χ3n) is 6.76. The molecule has 4 nitrogen and oxygen atoms in total. The minimum Gasteiger partial charge on any atom is -0.469 e. The second-order valence-corrected chi connectivity index (χ2v) is 9.09. The van der Waals surface area contributed by atoms with Crippen LogP contribution in [0.2, 0.25) is 0 Å². The number of methoxy groups -OCH3 is 1. The Labute approximate surface area is 191 Å². The molecule has 0 unspecified atom stereocenters. The number of hydrogen-bond donors (Lipinski definition) is 0. The van der Waals surface area contributed by atoms with Crippen LogP contribution < -0.4 is 9.80 Å². The molecule has 0 N–H and O–H groups in total. The summed E-state index contributed by atoms with van der Waals surface area (Å²) in [7, 11) is 7.91. The van der Waals surface area contributed by atoms with Crippen molar-refractivity contribution >= 4 is 28.1 Å². The van der Waals surface area contributed by atoms with E-state index in [4.69, 9.17) is 4.74 Å². The molecule has 0 aliphatic heterocycles. The summed E-state index contributed by atoms with van der Waals surface area (Å²) in [6.07, 6.45) is 6.14. The number of fused-ring (bicyclic) bond motifs is 1. The molecule has 0 atom stereocenters. The van der Waals surface area contributed by atoms with E-state index in [2.05, 4.69) is 85.5 Å². The molecule has 0 spiro atoms. The van der Waals surface area contributed by atoms with Crippen molar-refractivity contribution in [2.45, 2.75) is 44.6 Å². The van der Waals surface area contributed by atoms with Gasteiger partial charge in [-0.25, -0.2) is 0 Å². The molecule has 1 aliphatic rings. The van der Waals surface area contributed by atoms with Crippen molar-refractivity contribution in [2.75, 3.05) is 38.1 Å². The van der Waals surface area contributed by atoms with Crippen LogP contribution in [-0.4, -0.2) is 40.3 Å². The summed E-state index contributed by atoms with van der Waals surface area (Å²) < 4.78 is 4.88. The quantitative estimate of drug-likeness (QED) is 0.427. The van der Waals surface area contributed by atoms with Gasteiger partial charge in [0.25, 0.3) is 0 Å². The Balaban J connectivity index is 1.87. The van der Waals surface area contributed by atoms with Gasteiger partial charge in [-0.15, -0.1) is 0 Å². The van der Waals surface area contributed by atoms with Crippen LogP contribution in [0.3, 0.4) is 0 Å². The van der Waals surface area contributed by atoms with E-state index in [-0.39, 0.29) is 5.97 Å². The average molecular weight is 431 g/mol. The zero-order valence-electron chi connectivity index (χ0n) is 19.7. The largest absolute Gasteiger partial charge is 0.469 e. The van der Waals surface area contributed by atoms with Crippen LogP contribution in [0.1, 0.15) is 37.7 Å². The highest BCUT2D eigenvalue weighted by molar-refractivity contribution is 5.94. The number of anilines is 2. The summed E-state index contributed by atoms with van der Waals surface area (Å²) in [5.74, 6) is -0.171. The highest BCUT2D eigenvalue weighted by atomic mass is 16.5. The average Bonchev–Trinajstić information content (AvgIpc) is 3.36. The molecule has 0 radical (unpaired) electrons. The number of hydrogen-bond acceptors (Lipinski definition) is 4. The predicted molar refractivity (Wildman–Crippen MR) is 135 cm³/mol. The number of esters is 1. The minimum atomic E-state index is -0.171. The van der Waals surface area contributed by atoms with Crippen molar-refractivity contribution in [3.63, 3.8) is 0 Å². The fourth-order valence-electron chi connectivity index (χ4n) is 4.93. The Morgan fingerprint density at radius 3 is 2.38 bits per heavy atom. The molecule has 0 aromatic heterocycles. The van der Waals surface area contributed by atoms with E-state index in [1.54, 1.807) is 0 Å². The normalized spacial score (nSPS) is 14.0. The Hall–Kier alpha value is -3.01. The smallest absolute Gasteiger partial charge is 0.305 e. The Kier molecular flexibility index (Phi) is 6.69. The summed E-state index contributed by atoms with van der Waals surface area (Å²) in [6.45, 7) is 0. The standard InChI is InChI=1S/C28H34N2O2/c1-29(2)26-18-20(13-16-27(31)32-4)17-25(28(26)30(3)24-11-7-8-12-24)23-15-14-21-9-5-6-10-22(21)19-23/h5-6,9-10,14-15,17-19,24H,7-8,11-13,16H2,1-4H3. The van der Waals surface area contributed by atoms with Gasteiger partial charge in [0.15, 0.2) is 0 Å². The first-order valence-electron chi connectivity index (χ1n) is 11.6.